The number of hydrogen-bond donors (Lipinski definition) is 1. The van der Waals surface area contributed by atoms with Gasteiger partial charge in [0.25, 0.3) is 0 Å². The lowest BCUT2D eigenvalue weighted by molar-refractivity contribution is 0.412. The highest BCUT2D eigenvalue weighted by Gasteiger charge is 2.25. The average molecular weight is 344 g/mol. The fourth-order valence-electron chi connectivity index (χ4n) is 3.05. The lowest BCUT2D eigenvalue weighted by Gasteiger charge is -2.11. The highest BCUT2D eigenvalue weighted by molar-refractivity contribution is 6.30. The minimum atomic E-state index is -0.276. The number of hydrogen-bond acceptors (Lipinski definition) is 3. The fraction of sp³-hybridized carbons (Fsp3) is 0.167. The summed E-state index contributed by atoms with van der Waals surface area (Å²) in [6.07, 6.45) is 0.837. The van der Waals surface area contributed by atoms with Crippen LogP contribution in [0.3, 0.4) is 0 Å². The predicted molar refractivity (Wildman–Crippen MR) is 92.7 cm³/mol. The minimum absolute atomic E-state index is 0.276. The van der Waals surface area contributed by atoms with E-state index in [1.165, 1.54) is 12.1 Å². The third-order valence-electron chi connectivity index (χ3n) is 4.12. The Bertz CT molecular complexity index is 923. The van der Waals surface area contributed by atoms with Crippen molar-refractivity contribution in [2.45, 2.75) is 6.42 Å². The van der Waals surface area contributed by atoms with Crippen LogP contribution in [-0.2, 0) is 6.42 Å². The number of nitrogens with one attached hydrogen (secondary N) is 1. The molecular formula is C18H15ClFN3O. The minimum Gasteiger partial charge on any atom is -0.494 e. The smallest absolute Gasteiger partial charge is 0.144 e. The molecule has 0 unspecified atom stereocenters. The van der Waals surface area contributed by atoms with Crippen LogP contribution in [0.5, 0.6) is 5.75 Å². The van der Waals surface area contributed by atoms with Gasteiger partial charge in [0.2, 0.25) is 0 Å². The van der Waals surface area contributed by atoms with Gasteiger partial charge >= 0.3 is 0 Å². The maximum atomic E-state index is 13.6. The molecule has 0 radical (unpaired) electrons. The molecule has 6 heteroatoms. The average Bonchev–Trinajstić information content (AvgIpc) is 3.17. The van der Waals surface area contributed by atoms with Gasteiger partial charge in [0.15, 0.2) is 0 Å². The van der Waals surface area contributed by atoms with E-state index >= 15 is 0 Å². The van der Waals surface area contributed by atoms with Crippen molar-refractivity contribution in [3.8, 4) is 22.7 Å². The molecular weight excluding hydrogens is 329 g/mol. The molecule has 0 spiro atoms. The van der Waals surface area contributed by atoms with Gasteiger partial charge in [0.1, 0.15) is 23.1 Å². The van der Waals surface area contributed by atoms with Crippen LogP contribution in [0, 0.1) is 5.82 Å². The van der Waals surface area contributed by atoms with Crippen LogP contribution in [0.2, 0.25) is 5.02 Å². The van der Waals surface area contributed by atoms with E-state index in [9.17, 15) is 4.39 Å². The Morgan fingerprint density at radius 3 is 2.92 bits per heavy atom. The molecule has 4 rings (SSSR count). The maximum absolute atomic E-state index is 13.6. The van der Waals surface area contributed by atoms with Crippen LogP contribution in [0.1, 0.15) is 5.56 Å². The summed E-state index contributed by atoms with van der Waals surface area (Å²) in [6.45, 7) is 0.818. The molecule has 0 fully saturated rings. The normalized spacial score (nSPS) is 12.8. The summed E-state index contributed by atoms with van der Waals surface area (Å²) in [6, 6.07) is 11.9. The molecule has 1 aliphatic heterocycles. The van der Waals surface area contributed by atoms with E-state index in [4.69, 9.17) is 21.4 Å². The van der Waals surface area contributed by atoms with Crippen LogP contribution < -0.4 is 10.1 Å². The molecule has 1 N–H and O–H groups in total. The Balaban J connectivity index is 1.93. The topological polar surface area (TPSA) is 39.1 Å². The Hall–Kier alpha value is -2.53. The molecule has 122 valence electrons. The van der Waals surface area contributed by atoms with Gasteiger partial charge in [-0.05, 0) is 36.8 Å². The molecule has 1 aliphatic rings. The third-order valence-corrected chi connectivity index (χ3v) is 4.35. The van der Waals surface area contributed by atoms with Crippen LogP contribution in [0.15, 0.2) is 42.5 Å². The van der Waals surface area contributed by atoms with Gasteiger partial charge in [0.05, 0.1) is 12.8 Å². The first-order valence-electron chi connectivity index (χ1n) is 7.63. The molecule has 1 aromatic heterocycles. The van der Waals surface area contributed by atoms with E-state index < -0.39 is 0 Å². The van der Waals surface area contributed by atoms with Crippen LogP contribution >= 0.6 is 11.6 Å². The van der Waals surface area contributed by atoms with Gasteiger partial charge < -0.3 is 10.1 Å². The summed E-state index contributed by atoms with van der Waals surface area (Å²) in [4.78, 5) is 0. The molecule has 4 nitrogen and oxygen atoms in total. The summed E-state index contributed by atoms with van der Waals surface area (Å²) in [5, 5.41) is 8.66. The Kier molecular flexibility index (Phi) is 3.65. The van der Waals surface area contributed by atoms with Crippen LogP contribution in [0.4, 0.5) is 10.2 Å². The van der Waals surface area contributed by atoms with E-state index in [2.05, 4.69) is 5.32 Å². The van der Waals surface area contributed by atoms with Crippen molar-refractivity contribution in [2.75, 3.05) is 19.0 Å². The summed E-state index contributed by atoms with van der Waals surface area (Å²) in [7, 11) is 1.61. The zero-order chi connectivity index (χ0) is 16.7. The second kappa shape index (κ2) is 5.83. The van der Waals surface area contributed by atoms with E-state index in [1.54, 1.807) is 23.9 Å². The van der Waals surface area contributed by atoms with Gasteiger partial charge in [-0.1, -0.05) is 23.7 Å². The van der Waals surface area contributed by atoms with Crippen molar-refractivity contribution in [3.63, 3.8) is 0 Å². The molecule has 2 heterocycles. The monoisotopic (exact) mass is 343 g/mol. The second-order valence-electron chi connectivity index (χ2n) is 5.59. The molecule has 0 saturated heterocycles. The third kappa shape index (κ3) is 2.41. The number of nitrogens with zero attached hydrogens (tertiary/aromatic N) is 2. The molecule has 2 aromatic carbocycles. The number of anilines is 1. The molecule has 24 heavy (non-hydrogen) atoms. The number of methoxy groups -OCH3 is 1. The fourth-order valence-corrected chi connectivity index (χ4v) is 3.21. The number of benzene rings is 2. The largest absolute Gasteiger partial charge is 0.494 e. The molecule has 0 aliphatic carbocycles. The van der Waals surface area contributed by atoms with Crippen molar-refractivity contribution < 1.29 is 9.13 Å². The lowest BCUT2D eigenvalue weighted by atomic mass is 10.1. The summed E-state index contributed by atoms with van der Waals surface area (Å²) >= 11 is 6.15. The standard InChI is InChI=1S/C18H15ClFN3O/c1-24-16-6-5-12(19)10-15(16)23-18-14(7-8-21-18)17(22-23)11-3-2-4-13(20)9-11/h2-6,9-10,21H,7-8H2,1H3. The van der Waals surface area contributed by atoms with Crippen LogP contribution in [-0.4, -0.2) is 23.4 Å². The zero-order valence-corrected chi connectivity index (χ0v) is 13.8. The van der Waals surface area contributed by atoms with Crippen LogP contribution in [0.25, 0.3) is 16.9 Å². The molecule has 0 bridgehead atoms. The first-order chi connectivity index (χ1) is 11.7. The van der Waals surface area contributed by atoms with Crippen molar-refractivity contribution in [3.05, 3.63) is 58.9 Å². The van der Waals surface area contributed by atoms with Crippen molar-refractivity contribution in [1.82, 2.24) is 9.78 Å². The van der Waals surface area contributed by atoms with Gasteiger partial charge in [-0.15, -0.1) is 0 Å². The first-order valence-corrected chi connectivity index (χ1v) is 8.01. The van der Waals surface area contributed by atoms with E-state index in [-0.39, 0.29) is 5.82 Å². The number of rotatable bonds is 3. The second-order valence-corrected chi connectivity index (χ2v) is 6.03. The number of ether oxygens (including phenoxy) is 1. The number of halogens is 2. The van der Waals surface area contributed by atoms with E-state index in [1.807, 2.05) is 18.2 Å². The Morgan fingerprint density at radius 2 is 2.12 bits per heavy atom. The van der Waals surface area contributed by atoms with E-state index in [0.717, 1.165) is 41.3 Å². The Morgan fingerprint density at radius 1 is 1.25 bits per heavy atom. The van der Waals surface area contributed by atoms with Gasteiger partial charge in [0, 0.05) is 22.7 Å². The summed E-state index contributed by atoms with van der Waals surface area (Å²) in [5.74, 6) is 1.29. The summed E-state index contributed by atoms with van der Waals surface area (Å²) < 4.78 is 20.8. The SMILES string of the molecule is COc1ccc(Cl)cc1-n1nc(-c2cccc(F)c2)c2c1NCC2. The van der Waals surface area contributed by atoms with Gasteiger partial charge in [-0.25, -0.2) is 9.07 Å². The molecule has 0 amide bonds. The van der Waals surface area contributed by atoms with Crippen molar-refractivity contribution in [2.24, 2.45) is 0 Å². The van der Waals surface area contributed by atoms with E-state index in [0.29, 0.717) is 10.8 Å². The highest BCUT2D eigenvalue weighted by Crippen LogP contribution is 2.37. The van der Waals surface area contributed by atoms with Gasteiger partial charge in [-0.3, -0.25) is 0 Å². The van der Waals surface area contributed by atoms with Crippen molar-refractivity contribution in [1.29, 1.82) is 0 Å². The first kappa shape index (κ1) is 15.0. The maximum Gasteiger partial charge on any atom is 0.144 e. The predicted octanol–water partition coefficient (Wildman–Crippen LogP) is 4.31. The molecule has 3 aromatic rings. The molecule has 0 saturated carbocycles. The number of aromatic nitrogens is 2. The molecule has 0 atom stereocenters. The zero-order valence-electron chi connectivity index (χ0n) is 13.0. The highest BCUT2D eigenvalue weighted by atomic mass is 35.5. The quantitative estimate of drug-likeness (QED) is 0.770. The number of fused-ring (bicyclic) bond motifs is 1. The lowest BCUT2D eigenvalue weighted by Crippen LogP contribution is -2.06. The Labute approximate surface area is 143 Å². The van der Waals surface area contributed by atoms with Gasteiger partial charge in [-0.2, -0.15) is 5.10 Å². The summed E-state index contributed by atoms with van der Waals surface area (Å²) in [5.41, 5.74) is 3.35. The van der Waals surface area contributed by atoms with Crippen molar-refractivity contribution >= 4 is 17.4 Å².